The van der Waals surface area contributed by atoms with Crippen LogP contribution < -0.4 is 16.0 Å². The Hall–Kier alpha value is -1.33. The van der Waals surface area contributed by atoms with Crippen molar-refractivity contribution in [3.05, 3.63) is 28.8 Å². The highest BCUT2D eigenvalue weighted by atomic mass is 35.5. The second-order valence-electron chi connectivity index (χ2n) is 6.16. The molecule has 4 nitrogen and oxygen atoms in total. The number of hydrogen-bond donors (Lipinski definition) is 3. The molecule has 0 aromatic heterocycles. The van der Waals surface area contributed by atoms with E-state index in [0.29, 0.717) is 22.1 Å². The van der Waals surface area contributed by atoms with Crippen LogP contribution in [0.2, 0.25) is 5.02 Å². The lowest BCUT2D eigenvalue weighted by Gasteiger charge is -2.30. The minimum absolute atomic E-state index is 0.138. The van der Waals surface area contributed by atoms with Gasteiger partial charge in [-0.2, -0.15) is 0 Å². The Morgan fingerprint density at radius 1 is 1.35 bits per heavy atom. The summed E-state index contributed by atoms with van der Waals surface area (Å²) >= 11 is 11.3. The molecule has 0 bridgehead atoms. The van der Waals surface area contributed by atoms with Crippen LogP contribution >= 0.6 is 23.8 Å². The van der Waals surface area contributed by atoms with Crippen LogP contribution in [-0.2, 0) is 4.79 Å². The van der Waals surface area contributed by atoms with Crippen LogP contribution in [0.25, 0.3) is 0 Å². The number of anilines is 1. The molecule has 1 saturated carbocycles. The van der Waals surface area contributed by atoms with Gasteiger partial charge in [0.15, 0.2) is 5.11 Å². The maximum absolute atomic E-state index is 12.0. The minimum atomic E-state index is -0.142. The van der Waals surface area contributed by atoms with Crippen LogP contribution in [0.15, 0.2) is 18.2 Å². The van der Waals surface area contributed by atoms with Gasteiger partial charge in [0.2, 0.25) is 5.91 Å². The fourth-order valence-corrected chi connectivity index (χ4v) is 3.25. The maximum atomic E-state index is 12.0. The SMILES string of the molecule is Cc1c(Cl)cccc1NC(=O)CNC(=S)N[C@@H]1CCCC[C@@H]1C. The van der Waals surface area contributed by atoms with Crippen molar-refractivity contribution in [2.75, 3.05) is 11.9 Å². The predicted octanol–water partition coefficient (Wildman–Crippen LogP) is 3.63. The van der Waals surface area contributed by atoms with Crippen LogP contribution in [-0.4, -0.2) is 23.6 Å². The minimum Gasteiger partial charge on any atom is -0.360 e. The molecule has 0 aliphatic heterocycles. The molecule has 0 saturated heterocycles. The van der Waals surface area contributed by atoms with Crippen LogP contribution in [0.5, 0.6) is 0 Å². The second kappa shape index (κ2) is 8.50. The van der Waals surface area contributed by atoms with Crippen LogP contribution in [0.1, 0.15) is 38.2 Å². The van der Waals surface area contributed by atoms with Gasteiger partial charge in [0.1, 0.15) is 0 Å². The molecule has 2 atom stereocenters. The molecule has 0 unspecified atom stereocenters. The Balaban J connectivity index is 1.77. The summed E-state index contributed by atoms with van der Waals surface area (Å²) in [4.78, 5) is 12.0. The Kier molecular flexibility index (Phi) is 6.66. The van der Waals surface area contributed by atoms with E-state index in [2.05, 4.69) is 22.9 Å². The number of hydrogen-bond acceptors (Lipinski definition) is 2. The van der Waals surface area contributed by atoms with Crippen molar-refractivity contribution < 1.29 is 4.79 Å². The topological polar surface area (TPSA) is 53.2 Å². The van der Waals surface area contributed by atoms with E-state index in [1.807, 2.05) is 19.1 Å². The summed E-state index contributed by atoms with van der Waals surface area (Å²) in [5, 5.41) is 10.3. The van der Waals surface area contributed by atoms with E-state index < -0.39 is 0 Å². The Bertz CT molecular complexity index is 579. The molecule has 1 amide bonds. The number of benzene rings is 1. The molecule has 0 spiro atoms. The number of rotatable bonds is 4. The highest BCUT2D eigenvalue weighted by Crippen LogP contribution is 2.24. The average Bonchev–Trinajstić information content (AvgIpc) is 2.52. The molecule has 1 aliphatic carbocycles. The summed E-state index contributed by atoms with van der Waals surface area (Å²) in [6.45, 7) is 4.26. The molecular weight excluding hydrogens is 330 g/mol. The molecule has 1 aromatic carbocycles. The molecule has 0 radical (unpaired) electrons. The molecule has 23 heavy (non-hydrogen) atoms. The fourth-order valence-electron chi connectivity index (χ4n) is 2.85. The smallest absolute Gasteiger partial charge is 0.243 e. The van der Waals surface area contributed by atoms with E-state index in [-0.39, 0.29) is 12.5 Å². The molecule has 6 heteroatoms. The first kappa shape index (κ1) is 18.0. The number of carbonyl (C=O) groups excluding carboxylic acids is 1. The van der Waals surface area contributed by atoms with E-state index in [0.717, 1.165) is 17.7 Å². The van der Waals surface area contributed by atoms with Gasteiger partial charge in [-0.25, -0.2) is 0 Å². The van der Waals surface area contributed by atoms with Gasteiger partial charge in [-0.1, -0.05) is 37.4 Å². The zero-order valence-corrected chi connectivity index (χ0v) is 15.2. The van der Waals surface area contributed by atoms with E-state index in [1.54, 1.807) is 6.07 Å². The molecule has 0 heterocycles. The normalized spacial score (nSPS) is 20.7. The van der Waals surface area contributed by atoms with Gasteiger partial charge in [0.25, 0.3) is 0 Å². The van der Waals surface area contributed by atoms with Gasteiger partial charge in [-0.05, 0) is 55.6 Å². The number of nitrogens with one attached hydrogen (secondary N) is 3. The number of thiocarbonyl (C=S) groups is 1. The molecule has 1 fully saturated rings. The predicted molar refractivity (Wildman–Crippen MR) is 100.0 cm³/mol. The quantitative estimate of drug-likeness (QED) is 0.723. The summed E-state index contributed by atoms with van der Waals surface area (Å²) in [7, 11) is 0. The van der Waals surface area contributed by atoms with Crippen molar-refractivity contribution in [1.29, 1.82) is 0 Å². The van der Waals surface area contributed by atoms with Crippen LogP contribution in [0.4, 0.5) is 5.69 Å². The summed E-state index contributed by atoms with van der Waals surface area (Å²) in [6, 6.07) is 5.85. The zero-order valence-electron chi connectivity index (χ0n) is 13.6. The lowest BCUT2D eigenvalue weighted by molar-refractivity contribution is -0.115. The standard InChI is InChI=1S/C17H24ClN3OS/c1-11-6-3-4-8-14(11)21-17(23)19-10-16(22)20-15-9-5-7-13(18)12(15)2/h5,7,9,11,14H,3-4,6,8,10H2,1-2H3,(H,20,22)(H2,19,21,23)/t11-,14+/m0/s1. The van der Waals surface area contributed by atoms with Gasteiger partial charge in [-0.3, -0.25) is 4.79 Å². The Labute approximate surface area is 148 Å². The van der Waals surface area contributed by atoms with Crippen molar-refractivity contribution in [3.8, 4) is 0 Å². The molecule has 2 rings (SSSR count). The maximum Gasteiger partial charge on any atom is 0.243 e. The summed E-state index contributed by atoms with van der Waals surface area (Å²) in [5.41, 5.74) is 1.59. The van der Waals surface area contributed by atoms with Crippen molar-refractivity contribution in [2.24, 2.45) is 5.92 Å². The second-order valence-corrected chi connectivity index (χ2v) is 6.97. The summed E-state index contributed by atoms with van der Waals surface area (Å²) in [6.07, 6.45) is 4.89. The molecular formula is C17H24ClN3OS. The lowest BCUT2D eigenvalue weighted by Crippen LogP contribution is -2.47. The van der Waals surface area contributed by atoms with E-state index >= 15 is 0 Å². The molecule has 1 aromatic rings. The number of carbonyl (C=O) groups is 1. The van der Waals surface area contributed by atoms with Gasteiger partial charge >= 0.3 is 0 Å². The summed E-state index contributed by atoms with van der Waals surface area (Å²) < 4.78 is 0. The lowest BCUT2D eigenvalue weighted by atomic mass is 9.86. The molecule has 126 valence electrons. The van der Waals surface area contributed by atoms with Crippen molar-refractivity contribution in [3.63, 3.8) is 0 Å². The average molecular weight is 354 g/mol. The van der Waals surface area contributed by atoms with Gasteiger partial charge in [0, 0.05) is 16.8 Å². The van der Waals surface area contributed by atoms with E-state index in [4.69, 9.17) is 23.8 Å². The van der Waals surface area contributed by atoms with E-state index in [1.165, 1.54) is 19.3 Å². The number of halogens is 1. The van der Waals surface area contributed by atoms with Gasteiger partial charge in [0.05, 0.1) is 6.54 Å². The first-order chi connectivity index (χ1) is 11.0. The molecule has 1 aliphatic rings. The first-order valence-electron chi connectivity index (χ1n) is 8.06. The van der Waals surface area contributed by atoms with Gasteiger partial charge in [-0.15, -0.1) is 0 Å². The third kappa shape index (κ3) is 5.36. The molecule has 3 N–H and O–H groups in total. The third-order valence-electron chi connectivity index (χ3n) is 4.38. The zero-order chi connectivity index (χ0) is 16.8. The van der Waals surface area contributed by atoms with Crippen LogP contribution in [0, 0.1) is 12.8 Å². The summed E-state index contributed by atoms with van der Waals surface area (Å²) in [5.74, 6) is 0.475. The first-order valence-corrected chi connectivity index (χ1v) is 8.85. The Morgan fingerprint density at radius 2 is 2.09 bits per heavy atom. The van der Waals surface area contributed by atoms with Gasteiger partial charge < -0.3 is 16.0 Å². The number of amides is 1. The monoisotopic (exact) mass is 353 g/mol. The fraction of sp³-hybridized carbons (Fsp3) is 0.529. The third-order valence-corrected chi connectivity index (χ3v) is 5.05. The Morgan fingerprint density at radius 3 is 2.83 bits per heavy atom. The van der Waals surface area contributed by atoms with Crippen molar-refractivity contribution in [2.45, 2.75) is 45.6 Å². The largest absolute Gasteiger partial charge is 0.360 e. The van der Waals surface area contributed by atoms with Crippen LogP contribution in [0.3, 0.4) is 0 Å². The van der Waals surface area contributed by atoms with Crippen molar-refractivity contribution >= 4 is 40.5 Å². The highest BCUT2D eigenvalue weighted by Gasteiger charge is 2.21. The highest BCUT2D eigenvalue weighted by molar-refractivity contribution is 7.80. The van der Waals surface area contributed by atoms with Crippen molar-refractivity contribution in [1.82, 2.24) is 10.6 Å². The van der Waals surface area contributed by atoms with E-state index in [9.17, 15) is 4.79 Å².